The maximum absolute atomic E-state index is 6.73. The van der Waals surface area contributed by atoms with Crippen molar-refractivity contribution in [1.82, 2.24) is 9.80 Å². The van der Waals surface area contributed by atoms with Gasteiger partial charge in [0.15, 0.2) is 0 Å². The number of benzene rings is 1. The lowest BCUT2D eigenvalue weighted by atomic mass is 9.92. The van der Waals surface area contributed by atoms with E-state index in [9.17, 15) is 0 Å². The lowest BCUT2D eigenvalue weighted by molar-refractivity contribution is 0.190. The second kappa shape index (κ2) is 10.9. The molecule has 2 aliphatic heterocycles. The summed E-state index contributed by atoms with van der Waals surface area (Å²) >= 11 is 10.2. The van der Waals surface area contributed by atoms with Gasteiger partial charge < -0.3 is 9.80 Å². The van der Waals surface area contributed by atoms with Gasteiger partial charge in [0.05, 0.1) is 10.6 Å². The molecule has 0 bridgehead atoms. The van der Waals surface area contributed by atoms with Crippen LogP contribution in [0.1, 0.15) is 68.7 Å². The molecule has 0 saturated carbocycles. The average Bonchev–Trinajstić information content (AvgIpc) is 3.07. The molecular formula is C26H36ClN3S2. The highest BCUT2D eigenvalue weighted by atomic mass is 35.5. The largest absolute Gasteiger partial charge is 0.353 e. The maximum atomic E-state index is 6.73. The Morgan fingerprint density at radius 1 is 1.00 bits per heavy atom. The lowest BCUT2D eigenvalue weighted by Gasteiger charge is -2.36. The summed E-state index contributed by atoms with van der Waals surface area (Å²) in [4.78, 5) is 13.0. The molecule has 0 amide bonds. The van der Waals surface area contributed by atoms with E-state index < -0.39 is 0 Å². The summed E-state index contributed by atoms with van der Waals surface area (Å²) in [6, 6.07) is 2.37. The molecule has 1 aromatic carbocycles. The topological polar surface area (TPSA) is 18.8 Å². The Hall–Kier alpha value is -1.01. The second-order valence-electron chi connectivity index (χ2n) is 8.92. The van der Waals surface area contributed by atoms with Gasteiger partial charge in [0.2, 0.25) is 0 Å². The normalized spacial score (nSPS) is 16.5. The van der Waals surface area contributed by atoms with E-state index in [4.69, 9.17) is 16.6 Å². The van der Waals surface area contributed by atoms with Gasteiger partial charge >= 0.3 is 0 Å². The molecular weight excluding hydrogens is 454 g/mol. The number of nitrogens with zero attached hydrogens (tertiary/aromatic N) is 3. The molecule has 6 heteroatoms. The minimum Gasteiger partial charge on any atom is -0.353 e. The predicted octanol–water partition coefficient (Wildman–Crippen LogP) is 7.58. The van der Waals surface area contributed by atoms with Crippen molar-refractivity contribution in [3.8, 4) is 0 Å². The number of likely N-dealkylation sites (N-methyl/N-ethyl adjacent to an activating group) is 1. The van der Waals surface area contributed by atoms with E-state index in [1.807, 2.05) is 11.8 Å². The molecule has 0 radical (unpaired) electrons. The van der Waals surface area contributed by atoms with Crippen LogP contribution in [-0.4, -0.2) is 48.4 Å². The van der Waals surface area contributed by atoms with Crippen molar-refractivity contribution in [1.29, 1.82) is 0 Å². The number of hydrogen-bond acceptors (Lipinski definition) is 5. The third-order valence-electron chi connectivity index (χ3n) is 6.76. The summed E-state index contributed by atoms with van der Waals surface area (Å²) in [5.41, 5.74) is 6.87. The number of hydrogen-bond donors (Lipinski definition) is 0. The van der Waals surface area contributed by atoms with Gasteiger partial charge in [-0.1, -0.05) is 57.0 Å². The molecule has 3 nitrogen and oxygen atoms in total. The molecule has 174 valence electrons. The third kappa shape index (κ3) is 4.91. The molecule has 0 atom stereocenters. The van der Waals surface area contributed by atoms with Crippen molar-refractivity contribution in [3.63, 3.8) is 0 Å². The van der Waals surface area contributed by atoms with Crippen molar-refractivity contribution in [2.45, 2.75) is 76.0 Å². The molecule has 4 rings (SSSR count). The van der Waals surface area contributed by atoms with E-state index in [0.29, 0.717) is 0 Å². The molecule has 1 saturated heterocycles. The lowest BCUT2D eigenvalue weighted by Crippen LogP contribution is -2.48. The van der Waals surface area contributed by atoms with Crippen LogP contribution in [-0.2, 0) is 12.8 Å². The van der Waals surface area contributed by atoms with Crippen molar-refractivity contribution in [3.05, 3.63) is 38.0 Å². The molecule has 3 heterocycles. The number of unbranched alkanes of at least 4 members (excludes halogenated alkanes) is 2. The van der Waals surface area contributed by atoms with E-state index in [1.165, 1.54) is 63.4 Å². The first-order valence-corrected chi connectivity index (χ1v) is 14.3. The first-order valence-electron chi connectivity index (χ1n) is 12.2. The van der Waals surface area contributed by atoms with Crippen LogP contribution in [0.4, 0.5) is 5.69 Å². The molecule has 0 spiro atoms. The molecule has 0 aliphatic carbocycles. The minimum absolute atomic E-state index is 0.889. The van der Waals surface area contributed by atoms with E-state index in [-0.39, 0.29) is 0 Å². The van der Waals surface area contributed by atoms with E-state index in [0.717, 1.165) is 55.7 Å². The fourth-order valence-electron chi connectivity index (χ4n) is 4.77. The van der Waals surface area contributed by atoms with Gasteiger partial charge in [-0.3, -0.25) is 0 Å². The number of fused-ring (bicyclic) bond motifs is 2. The van der Waals surface area contributed by atoms with Gasteiger partial charge in [-0.15, -0.1) is 11.3 Å². The monoisotopic (exact) mass is 489 g/mol. The first kappa shape index (κ1) is 24.1. The quantitative estimate of drug-likeness (QED) is 0.399. The highest BCUT2D eigenvalue weighted by Crippen LogP contribution is 2.49. The number of rotatable bonds is 7. The fourth-order valence-corrected chi connectivity index (χ4v) is 7.19. The van der Waals surface area contributed by atoms with Crippen molar-refractivity contribution in [2.75, 3.05) is 32.7 Å². The molecule has 1 aromatic heterocycles. The van der Waals surface area contributed by atoms with Crippen LogP contribution in [0.15, 0.2) is 26.2 Å². The summed E-state index contributed by atoms with van der Waals surface area (Å²) in [5.74, 6) is 1.13. The van der Waals surface area contributed by atoms with Gasteiger partial charge in [-0.2, -0.15) is 0 Å². The van der Waals surface area contributed by atoms with Crippen LogP contribution >= 0.6 is 34.7 Å². The zero-order valence-corrected chi connectivity index (χ0v) is 22.4. The minimum atomic E-state index is 0.889. The maximum Gasteiger partial charge on any atom is 0.138 e. The standard InChI is InChI=1S/C26H36ClN3S2/c1-5-8-10-19-18(4)16-22-23(20(19)11-9-6-2)28-26(21-17-31-25(27)24(21)32-22)30-14-12-29(7-3)13-15-30/h16-17H,5-15H2,1-4H3. The summed E-state index contributed by atoms with van der Waals surface area (Å²) in [6.45, 7) is 14.5. The second-order valence-corrected chi connectivity index (χ2v) is 11.4. The Labute approximate surface area is 207 Å². The van der Waals surface area contributed by atoms with Crippen LogP contribution in [0.3, 0.4) is 0 Å². The van der Waals surface area contributed by atoms with Gasteiger partial charge in [0.1, 0.15) is 10.2 Å². The number of aliphatic imine (C=N–C) groups is 1. The number of halogens is 1. The van der Waals surface area contributed by atoms with Gasteiger partial charge in [0.25, 0.3) is 0 Å². The van der Waals surface area contributed by atoms with Crippen molar-refractivity contribution >= 4 is 46.2 Å². The molecule has 32 heavy (non-hydrogen) atoms. The highest BCUT2D eigenvalue weighted by Gasteiger charge is 2.29. The van der Waals surface area contributed by atoms with Crippen LogP contribution in [0.25, 0.3) is 0 Å². The molecule has 1 fully saturated rings. The van der Waals surface area contributed by atoms with E-state index in [1.54, 1.807) is 11.3 Å². The Morgan fingerprint density at radius 3 is 2.34 bits per heavy atom. The first-order chi connectivity index (χ1) is 15.6. The van der Waals surface area contributed by atoms with Crippen LogP contribution < -0.4 is 0 Å². The highest BCUT2D eigenvalue weighted by molar-refractivity contribution is 7.99. The number of piperazine rings is 1. The fraction of sp³-hybridized carbons (Fsp3) is 0.577. The Morgan fingerprint density at radius 2 is 1.69 bits per heavy atom. The van der Waals surface area contributed by atoms with E-state index >= 15 is 0 Å². The molecule has 0 N–H and O–H groups in total. The van der Waals surface area contributed by atoms with Crippen molar-refractivity contribution in [2.24, 2.45) is 4.99 Å². The number of amidine groups is 1. The Bertz CT molecular complexity index is 974. The molecule has 0 unspecified atom stereocenters. The summed E-state index contributed by atoms with van der Waals surface area (Å²) in [5, 5.41) is 2.22. The summed E-state index contributed by atoms with van der Waals surface area (Å²) < 4.78 is 0.889. The summed E-state index contributed by atoms with van der Waals surface area (Å²) in [6.07, 6.45) is 7.14. The zero-order valence-electron chi connectivity index (χ0n) is 20.0. The molecule has 2 aliphatic rings. The Balaban J connectivity index is 1.84. The average molecular weight is 490 g/mol. The predicted molar refractivity (Wildman–Crippen MR) is 142 cm³/mol. The van der Waals surface area contributed by atoms with Gasteiger partial charge in [-0.05, 0) is 61.9 Å². The van der Waals surface area contributed by atoms with Crippen LogP contribution in [0.5, 0.6) is 0 Å². The Kier molecular flexibility index (Phi) is 8.25. The summed E-state index contributed by atoms with van der Waals surface area (Å²) in [7, 11) is 0. The van der Waals surface area contributed by atoms with Crippen LogP contribution in [0.2, 0.25) is 4.34 Å². The van der Waals surface area contributed by atoms with Crippen LogP contribution in [0, 0.1) is 6.92 Å². The van der Waals surface area contributed by atoms with Crippen molar-refractivity contribution < 1.29 is 0 Å². The molecule has 2 aromatic rings. The van der Waals surface area contributed by atoms with Gasteiger partial charge in [0, 0.05) is 42.0 Å². The third-order valence-corrected chi connectivity index (χ3v) is 9.38. The number of aryl methyl sites for hydroxylation is 1. The SMILES string of the molecule is CCCCc1c(C)cc2c(c1CCCC)N=C(N1CCN(CC)CC1)c1csc(Cl)c1S2. The number of thiophene rings is 1. The van der Waals surface area contributed by atoms with E-state index in [2.05, 4.69) is 48.9 Å². The smallest absolute Gasteiger partial charge is 0.138 e. The zero-order chi connectivity index (χ0) is 22.7. The van der Waals surface area contributed by atoms with Gasteiger partial charge in [-0.25, -0.2) is 4.99 Å².